The summed E-state index contributed by atoms with van der Waals surface area (Å²) in [6.07, 6.45) is -1.46. The maximum Gasteiger partial charge on any atom is 0.434 e. The van der Waals surface area contributed by atoms with E-state index in [1.54, 1.807) is 32.2 Å². The monoisotopic (exact) mass is 552 g/mol. The van der Waals surface area contributed by atoms with Gasteiger partial charge in [0.25, 0.3) is 0 Å². The topological polar surface area (TPSA) is 109 Å². The highest BCUT2D eigenvalue weighted by molar-refractivity contribution is 5.65. The third kappa shape index (κ3) is 5.31. The summed E-state index contributed by atoms with van der Waals surface area (Å²) in [5, 5.41) is 24.5. The molecular formula is C29H31F3N6O2. The van der Waals surface area contributed by atoms with E-state index in [0.29, 0.717) is 35.9 Å². The Morgan fingerprint density at radius 2 is 1.77 bits per heavy atom. The van der Waals surface area contributed by atoms with E-state index < -0.39 is 17.7 Å². The number of aliphatic hydroxyl groups is 2. The fraction of sp³-hybridized carbons (Fsp3) is 0.379. The Labute approximate surface area is 230 Å². The van der Waals surface area contributed by atoms with E-state index >= 15 is 0 Å². The number of rotatable bonds is 7. The van der Waals surface area contributed by atoms with Gasteiger partial charge in [0.15, 0.2) is 17.3 Å². The second-order valence-electron chi connectivity index (χ2n) is 10.6. The van der Waals surface area contributed by atoms with Crippen molar-refractivity contribution in [1.82, 2.24) is 24.5 Å². The molecule has 3 heterocycles. The van der Waals surface area contributed by atoms with Crippen LogP contribution in [0, 0.1) is 0 Å². The van der Waals surface area contributed by atoms with Crippen LogP contribution in [-0.4, -0.2) is 34.7 Å². The highest BCUT2D eigenvalue weighted by Crippen LogP contribution is 2.39. The van der Waals surface area contributed by atoms with Crippen molar-refractivity contribution in [2.24, 2.45) is 0 Å². The maximum absolute atomic E-state index is 13.3. The van der Waals surface area contributed by atoms with Gasteiger partial charge in [0.2, 0.25) is 5.79 Å². The van der Waals surface area contributed by atoms with Crippen molar-refractivity contribution in [1.29, 1.82) is 0 Å². The summed E-state index contributed by atoms with van der Waals surface area (Å²) in [4.78, 5) is 17.5. The largest absolute Gasteiger partial charge is 0.434 e. The lowest BCUT2D eigenvalue weighted by Crippen LogP contribution is -2.23. The number of hydrogen-bond donors (Lipinski definition) is 3. The van der Waals surface area contributed by atoms with Crippen LogP contribution in [0.5, 0.6) is 0 Å². The minimum Gasteiger partial charge on any atom is -0.366 e. The van der Waals surface area contributed by atoms with Gasteiger partial charge in [0.05, 0.1) is 0 Å². The molecule has 3 N–H and O–H groups in total. The van der Waals surface area contributed by atoms with Crippen LogP contribution in [0.2, 0.25) is 0 Å². The Morgan fingerprint density at radius 3 is 2.42 bits per heavy atom. The lowest BCUT2D eigenvalue weighted by molar-refractivity contribution is -0.169. The Hall–Kier alpha value is -3.83. The first-order chi connectivity index (χ1) is 18.8. The summed E-state index contributed by atoms with van der Waals surface area (Å²) in [5.74, 6) is -0.800. The Balaban J connectivity index is 1.44. The van der Waals surface area contributed by atoms with Crippen LogP contribution in [0.25, 0.3) is 22.9 Å². The van der Waals surface area contributed by atoms with E-state index in [1.807, 2.05) is 24.3 Å². The number of imidazole rings is 1. The van der Waals surface area contributed by atoms with Gasteiger partial charge in [-0.15, -0.1) is 0 Å². The smallest absolute Gasteiger partial charge is 0.366 e. The molecule has 40 heavy (non-hydrogen) atoms. The molecule has 0 saturated heterocycles. The summed E-state index contributed by atoms with van der Waals surface area (Å²) in [5.41, 5.74) is 2.81. The molecule has 0 aliphatic heterocycles. The first-order valence-corrected chi connectivity index (χ1v) is 13.2. The van der Waals surface area contributed by atoms with Gasteiger partial charge in [0.1, 0.15) is 17.2 Å². The predicted octanol–water partition coefficient (Wildman–Crippen LogP) is 5.82. The third-order valence-corrected chi connectivity index (χ3v) is 7.03. The zero-order valence-electron chi connectivity index (χ0n) is 22.7. The van der Waals surface area contributed by atoms with Gasteiger partial charge in [-0.25, -0.2) is 15.0 Å². The van der Waals surface area contributed by atoms with Crippen molar-refractivity contribution in [3.05, 3.63) is 76.9 Å². The van der Waals surface area contributed by atoms with E-state index in [2.05, 4.69) is 34.1 Å². The molecule has 0 fully saturated rings. The molecule has 0 atom stereocenters. The summed E-state index contributed by atoms with van der Waals surface area (Å²) in [7, 11) is 0. The highest BCUT2D eigenvalue weighted by Gasteiger charge is 2.39. The molecule has 0 unspecified atom stereocenters. The summed E-state index contributed by atoms with van der Waals surface area (Å²) in [6, 6.07) is 10.9. The lowest BCUT2D eigenvalue weighted by Gasteiger charge is -2.19. The van der Waals surface area contributed by atoms with Gasteiger partial charge in [0, 0.05) is 42.5 Å². The van der Waals surface area contributed by atoms with Gasteiger partial charge >= 0.3 is 6.18 Å². The van der Waals surface area contributed by atoms with E-state index in [0.717, 1.165) is 22.9 Å². The molecule has 8 nitrogen and oxygen atoms in total. The molecule has 0 spiro atoms. The zero-order chi connectivity index (χ0) is 28.8. The van der Waals surface area contributed by atoms with Crippen LogP contribution >= 0.6 is 0 Å². The van der Waals surface area contributed by atoms with Gasteiger partial charge < -0.3 is 20.1 Å². The summed E-state index contributed by atoms with van der Waals surface area (Å²) >= 11 is 0. The van der Waals surface area contributed by atoms with E-state index in [4.69, 9.17) is 4.98 Å². The number of aromatic nitrogens is 5. The molecule has 0 bridgehead atoms. The second kappa shape index (κ2) is 10.3. The van der Waals surface area contributed by atoms with Crippen LogP contribution in [0.15, 0.2) is 48.8 Å². The van der Waals surface area contributed by atoms with Gasteiger partial charge in [-0.3, -0.25) is 4.98 Å². The van der Waals surface area contributed by atoms with Crippen LogP contribution in [-0.2, 0) is 24.9 Å². The van der Waals surface area contributed by atoms with Crippen molar-refractivity contribution in [3.8, 4) is 22.9 Å². The molecule has 210 valence electrons. The molecule has 0 saturated carbocycles. The van der Waals surface area contributed by atoms with Crippen LogP contribution in [0.1, 0.15) is 74.2 Å². The molecule has 4 aromatic rings. The fourth-order valence-electron chi connectivity index (χ4n) is 4.90. The van der Waals surface area contributed by atoms with Crippen molar-refractivity contribution >= 4 is 5.82 Å². The molecule has 0 amide bonds. The molecule has 3 aromatic heterocycles. The number of benzene rings is 1. The molecule has 1 aromatic carbocycles. The van der Waals surface area contributed by atoms with E-state index in [9.17, 15) is 23.4 Å². The molecule has 5 rings (SSSR count). The second-order valence-corrected chi connectivity index (χ2v) is 10.6. The quantitative estimate of drug-likeness (QED) is 0.248. The number of hydrogen-bond acceptors (Lipinski definition) is 7. The van der Waals surface area contributed by atoms with Gasteiger partial charge in [-0.1, -0.05) is 44.2 Å². The average molecular weight is 553 g/mol. The Morgan fingerprint density at radius 1 is 1.02 bits per heavy atom. The van der Waals surface area contributed by atoms with Crippen molar-refractivity contribution in [2.75, 3.05) is 5.32 Å². The standard InChI is InChI=1S/C29H31F3N6O2/c1-16(2)19-7-5-6-8-20(19)26-36-24-21(11-12-28(24,39)40)25(37-26)34-14-18-9-10-22(33-13-18)27-35-23(29(30,31)32)15-38(27)17(3)4/h5-10,13,15-17,39-40H,11-12,14H2,1-4H3,(H,34,36,37). The SMILES string of the molecule is CC(C)c1ccccc1-c1nc(NCc2ccc(-c3nc(C(F)(F)F)cn3C(C)C)nc2)c2c(n1)C(O)(O)CC2. The van der Waals surface area contributed by atoms with Gasteiger partial charge in [-0.2, -0.15) is 13.2 Å². The number of halogens is 3. The van der Waals surface area contributed by atoms with Crippen molar-refractivity contribution < 1.29 is 23.4 Å². The Bertz CT molecular complexity index is 1530. The summed E-state index contributed by atoms with van der Waals surface area (Å²) in [6.45, 7) is 8.01. The predicted molar refractivity (Wildman–Crippen MR) is 144 cm³/mol. The first kappa shape index (κ1) is 27.7. The molecular weight excluding hydrogens is 521 g/mol. The minimum atomic E-state index is -4.55. The van der Waals surface area contributed by atoms with Crippen LogP contribution < -0.4 is 5.32 Å². The van der Waals surface area contributed by atoms with Crippen molar-refractivity contribution in [3.63, 3.8) is 0 Å². The molecule has 1 aliphatic rings. The Kier molecular flexibility index (Phi) is 7.13. The minimum absolute atomic E-state index is 0.111. The number of nitrogens with one attached hydrogen (secondary N) is 1. The highest BCUT2D eigenvalue weighted by atomic mass is 19.4. The number of nitrogens with zero attached hydrogens (tertiary/aromatic N) is 5. The maximum atomic E-state index is 13.3. The van der Waals surface area contributed by atoms with Gasteiger partial charge in [-0.05, 0) is 43.4 Å². The average Bonchev–Trinajstić information content (AvgIpc) is 3.50. The zero-order valence-corrected chi connectivity index (χ0v) is 22.7. The normalized spacial score (nSPS) is 14.7. The third-order valence-electron chi connectivity index (χ3n) is 7.03. The summed E-state index contributed by atoms with van der Waals surface area (Å²) < 4.78 is 41.3. The van der Waals surface area contributed by atoms with E-state index in [-0.39, 0.29) is 29.9 Å². The number of anilines is 1. The molecule has 1 aliphatic carbocycles. The fourth-order valence-corrected chi connectivity index (χ4v) is 4.90. The van der Waals surface area contributed by atoms with Crippen LogP contribution in [0.4, 0.5) is 19.0 Å². The number of pyridine rings is 1. The first-order valence-electron chi connectivity index (χ1n) is 13.2. The van der Waals surface area contributed by atoms with E-state index in [1.165, 1.54) is 4.57 Å². The number of alkyl halides is 3. The number of fused-ring (bicyclic) bond motifs is 1. The van der Waals surface area contributed by atoms with Crippen molar-refractivity contribution in [2.45, 2.75) is 71.0 Å². The lowest BCUT2D eigenvalue weighted by atomic mass is 9.96. The van der Waals surface area contributed by atoms with Crippen LogP contribution in [0.3, 0.4) is 0 Å². The molecule has 0 radical (unpaired) electrons. The molecule has 11 heteroatoms.